The van der Waals surface area contributed by atoms with Gasteiger partial charge in [-0.15, -0.1) is 0 Å². The molecule has 3 heteroatoms. The van der Waals surface area contributed by atoms with Crippen molar-refractivity contribution in [2.24, 2.45) is 0 Å². The molecule has 0 fully saturated rings. The Morgan fingerprint density at radius 3 is 1.67 bits per heavy atom. The molecule has 1 atom stereocenters. The van der Waals surface area contributed by atoms with E-state index in [-0.39, 0.29) is 0 Å². The number of benzene rings is 8. The molecule has 3 nitrogen and oxygen atoms in total. The van der Waals surface area contributed by atoms with Crippen LogP contribution in [0.1, 0.15) is 41.8 Å². The van der Waals surface area contributed by atoms with Gasteiger partial charge in [0.1, 0.15) is 11.5 Å². The summed E-state index contributed by atoms with van der Waals surface area (Å²) in [6.07, 6.45) is 6.29. The first-order valence-corrected chi connectivity index (χ1v) is 20.7. The lowest BCUT2D eigenvalue weighted by atomic mass is 9.67. The molecule has 3 heterocycles. The summed E-state index contributed by atoms with van der Waals surface area (Å²) >= 11 is 0. The van der Waals surface area contributed by atoms with E-state index in [4.69, 9.17) is 4.74 Å². The van der Waals surface area contributed by atoms with Crippen LogP contribution < -0.4 is 4.74 Å². The summed E-state index contributed by atoms with van der Waals surface area (Å²) in [6, 6.07) is 67.6. The average Bonchev–Trinajstić information content (AvgIpc) is 3.82. The molecule has 60 heavy (non-hydrogen) atoms. The highest BCUT2D eigenvalue weighted by Gasteiger charge is 2.43. The lowest BCUT2D eigenvalue weighted by Crippen LogP contribution is -2.30. The number of hydrogen-bond acceptors (Lipinski definition) is 1. The summed E-state index contributed by atoms with van der Waals surface area (Å²) in [4.78, 5) is 0. The topological polar surface area (TPSA) is 19.1 Å². The molecule has 0 saturated carbocycles. The van der Waals surface area contributed by atoms with Crippen LogP contribution in [0.4, 0.5) is 0 Å². The maximum Gasteiger partial charge on any atom is 0.141 e. The molecule has 10 aromatic rings. The SMILES string of the molecule is C=Cc1c(/C=C\C)c2c3c(ccc2n1-c1ccc(-c2ccccc2)cc1)C(C)(c1ccccc1)c1c(ccc2c1c1ccccc1n2-c1ccc(-c2ccccc2)cc1)O3. The van der Waals surface area contributed by atoms with Crippen LogP contribution in [-0.2, 0) is 5.41 Å². The summed E-state index contributed by atoms with van der Waals surface area (Å²) in [7, 11) is 0. The van der Waals surface area contributed by atoms with Crippen LogP contribution in [0.2, 0.25) is 0 Å². The first kappa shape index (κ1) is 35.5. The molecule has 2 aromatic heterocycles. The molecule has 1 unspecified atom stereocenters. The molecule has 0 bridgehead atoms. The Balaban J connectivity index is 1.16. The van der Waals surface area contributed by atoms with Crippen molar-refractivity contribution in [2.45, 2.75) is 19.3 Å². The quantitative estimate of drug-likeness (QED) is 0.158. The molecule has 11 rings (SSSR count). The Hall–Kier alpha value is -7.62. The van der Waals surface area contributed by atoms with Gasteiger partial charge in [-0.05, 0) is 96.3 Å². The van der Waals surface area contributed by atoms with Gasteiger partial charge in [0.25, 0.3) is 0 Å². The molecule has 0 N–H and O–H groups in total. The van der Waals surface area contributed by atoms with Gasteiger partial charge in [0, 0.05) is 38.8 Å². The monoisotopic (exact) mass is 770 g/mol. The van der Waals surface area contributed by atoms with E-state index in [0.717, 1.165) is 61.6 Å². The molecule has 0 radical (unpaired) electrons. The Labute approximate surface area is 350 Å². The van der Waals surface area contributed by atoms with Gasteiger partial charge in [-0.25, -0.2) is 0 Å². The van der Waals surface area contributed by atoms with E-state index in [1.165, 1.54) is 44.2 Å². The van der Waals surface area contributed by atoms with Gasteiger partial charge in [0.2, 0.25) is 0 Å². The lowest BCUT2D eigenvalue weighted by Gasteiger charge is -2.39. The first-order chi connectivity index (χ1) is 29.6. The van der Waals surface area contributed by atoms with Crippen LogP contribution >= 0.6 is 0 Å². The number of aromatic nitrogens is 2. The van der Waals surface area contributed by atoms with Crippen molar-refractivity contribution in [2.75, 3.05) is 0 Å². The first-order valence-electron chi connectivity index (χ1n) is 20.7. The number of para-hydroxylation sites is 1. The smallest absolute Gasteiger partial charge is 0.141 e. The molecule has 0 aliphatic carbocycles. The second kappa shape index (κ2) is 14.0. The van der Waals surface area contributed by atoms with Crippen LogP contribution in [0.3, 0.4) is 0 Å². The predicted molar refractivity (Wildman–Crippen MR) is 252 cm³/mol. The molecule has 0 spiro atoms. The molecule has 8 aromatic carbocycles. The highest BCUT2D eigenvalue weighted by Crippen LogP contribution is 2.58. The maximum atomic E-state index is 7.37. The highest BCUT2D eigenvalue weighted by molar-refractivity contribution is 6.13. The summed E-state index contributed by atoms with van der Waals surface area (Å²) in [5.74, 6) is 1.74. The van der Waals surface area contributed by atoms with E-state index in [1.54, 1.807) is 0 Å². The van der Waals surface area contributed by atoms with Gasteiger partial charge in [-0.3, -0.25) is 0 Å². The Morgan fingerprint density at radius 1 is 0.517 bits per heavy atom. The van der Waals surface area contributed by atoms with Crippen molar-refractivity contribution >= 4 is 44.9 Å². The average molecular weight is 771 g/mol. The van der Waals surface area contributed by atoms with E-state index in [1.807, 2.05) is 6.08 Å². The Morgan fingerprint density at radius 2 is 1.05 bits per heavy atom. The lowest BCUT2D eigenvalue weighted by molar-refractivity contribution is 0.435. The fourth-order valence-electron chi connectivity index (χ4n) is 9.80. The Bertz CT molecular complexity index is 3280. The third-order valence-electron chi connectivity index (χ3n) is 12.6. The minimum atomic E-state index is -0.578. The van der Waals surface area contributed by atoms with Gasteiger partial charge < -0.3 is 13.9 Å². The molecule has 286 valence electrons. The van der Waals surface area contributed by atoms with Crippen molar-refractivity contribution in [1.29, 1.82) is 0 Å². The zero-order valence-electron chi connectivity index (χ0n) is 33.6. The van der Waals surface area contributed by atoms with Crippen LogP contribution in [0.5, 0.6) is 11.5 Å². The van der Waals surface area contributed by atoms with E-state index in [0.29, 0.717) is 0 Å². The normalized spacial score (nSPS) is 14.7. The number of allylic oxidation sites excluding steroid dienone is 1. The summed E-state index contributed by atoms with van der Waals surface area (Å²) < 4.78 is 12.1. The molecule has 1 aliphatic rings. The summed E-state index contributed by atoms with van der Waals surface area (Å²) in [5.41, 5.74) is 15.4. The molecular weight excluding hydrogens is 729 g/mol. The number of nitrogens with zero attached hydrogens (tertiary/aromatic N) is 2. The number of fused-ring (bicyclic) bond motifs is 8. The van der Waals surface area contributed by atoms with Gasteiger partial charge in [-0.1, -0.05) is 158 Å². The maximum absolute atomic E-state index is 7.37. The minimum absolute atomic E-state index is 0.578. The third-order valence-corrected chi connectivity index (χ3v) is 12.6. The van der Waals surface area contributed by atoms with E-state index >= 15 is 0 Å². The molecule has 0 amide bonds. The second-order valence-corrected chi connectivity index (χ2v) is 15.8. The van der Waals surface area contributed by atoms with Crippen LogP contribution in [0, 0.1) is 0 Å². The van der Waals surface area contributed by atoms with Gasteiger partial charge in [0.05, 0.1) is 33.0 Å². The van der Waals surface area contributed by atoms with Gasteiger partial charge >= 0.3 is 0 Å². The van der Waals surface area contributed by atoms with Crippen molar-refractivity contribution < 1.29 is 4.74 Å². The van der Waals surface area contributed by atoms with Crippen LogP contribution in [0.15, 0.2) is 201 Å². The number of hydrogen-bond donors (Lipinski definition) is 0. The summed E-state index contributed by atoms with van der Waals surface area (Å²) in [5, 5.41) is 3.46. The van der Waals surface area contributed by atoms with Crippen molar-refractivity contribution in [1.82, 2.24) is 9.13 Å². The van der Waals surface area contributed by atoms with E-state index in [2.05, 4.69) is 230 Å². The number of rotatable bonds is 7. The second-order valence-electron chi connectivity index (χ2n) is 15.8. The predicted octanol–water partition coefficient (Wildman–Crippen LogP) is 15.2. The van der Waals surface area contributed by atoms with Crippen LogP contribution in [-0.4, -0.2) is 9.13 Å². The van der Waals surface area contributed by atoms with Crippen molar-refractivity contribution in [3.63, 3.8) is 0 Å². The standard InChI is InChI=1S/C57H42N2O/c1-4-17-45-48(5-2)58(43-30-26-40(27-31-43)38-18-9-6-10-19-38)51-35-34-47-56(54(45)51)60-52-37-36-50-53(55(52)57(47,3)42-22-13-8-14-23-42)46-24-15-16-25-49(46)59(50)44-32-28-41(29-33-44)39-20-11-7-12-21-39/h4-37H,2H2,1,3H3/b17-4-. The fraction of sp³-hybridized carbons (Fsp3) is 0.0526. The fourth-order valence-corrected chi connectivity index (χ4v) is 9.80. The van der Waals surface area contributed by atoms with Crippen molar-refractivity contribution in [3.05, 3.63) is 229 Å². The Kier molecular flexibility index (Phi) is 8.31. The zero-order valence-corrected chi connectivity index (χ0v) is 33.6. The zero-order chi connectivity index (χ0) is 40.4. The third kappa shape index (κ3) is 5.29. The molecule has 1 aliphatic heterocycles. The van der Waals surface area contributed by atoms with Crippen molar-refractivity contribution in [3.8, 4) is 45.1 Å². The van der Waals surface area contributed by atoms with Crippen LogP contribution in [0.25, 0.3) is 78.5 Å². The van der Waals surface area contributed by atoms with Gasteiger partial charge in [0.15, 0.2) is 0 Å². The van der Waals surface area contributed by atoms with Gasteiger partial charge in [-0.2, -0.15) is 0 Å². The number of ether oxygens (including phenoxy) is 1. The van der Waals surface area contributed by atoms with E-state index < -0.39 is 5.41 Å². The molecular formula is C57H42N2O. The summed E-state index contributed by atoms with van der Waals surface area (Å²) in [6.45, 7) is 8.82. The highest BCUT2D eigenvalue weighted by atomic mass is 16.5. The minimum Gasteiger partial charge on any atom is -0.456 e. The largest absolute Gasteiger partial charge is 0.456 e. The molecule has 0 saturated heterocycles. The van der Waals surface area contributed by atoms with E-state index in [9.17, 15) is 0 Å².